The van der Waals surface area contributed by atoms with Crippen molar-refractivity contribution in [2.75, 3.05) is 5.75 Å². The van der Waals surface area contributed by atoms with Crippen LogP contribution in [0.15, 0.2) is 39.6 Å². The van der Waals surface area contributed by atoms with Crippen molar-refractivity contribution in [2.45, 2.75) is 50.3 Å². The number of hydrogen-bond acceptors (Lipinski definition) is 6. The van der Waals surface area contributed by atoms with Gasteiger partial charge in [-0.3, -0.25) is 9.59 Å². The minimum absolute atomic E-state index is 0.0469. The Labute approximate surface area is 171 Å². The molecule has 2 aromatic heterocycles. The predicted octanol–water partition coefficient (Wildman–Crippen LogP) is 4.93. The number of H-pyrrole nitrogens is 1. The Balaban J connectivity index is 1.48. The number of aromatic amines is 1. The molecule has 0 unspecified atom stereocenters. The number of thioether (sulfide) groups is 1. The third-order valence-corrected chi connectivity index (χ3v) is 6.68. The summed E-state index contributed by atoms with van der Waals surface area (Å²) in [5.74, 6) is -0.0904. The highest BCUT2D eigenvalue weighted by atomic mass is 32.2. The molecule has 1 aromatic carbocycles. The Morgan fingerprint density at radius 2 is 2.00 bits per heavy atom. The van der Waals surface area contributed by atoms with Gasteiger partial charge >= 0.3 is 5.97 Å². The van der Waals surface area contributed by atoms with E-state index in [1.165, 1.54) is 35.1 Å². The number of thiophene rings is 1. The summed E-state index contributed by atoms with van der Waals surface area (Å²) in [7, 11) is 0. The van der Waals surface area contributed by atoms with Gasteiger partial charge in [0.1, 0.15) is 10.9 Å². The van der Waals surface area contributed by atoms with Crippen LogP contribution in [0.2, 0.25) is 0 Å². The van der Waals surface area contributed by atoms with Crippen molar-refractivity contribution in [2.24, 2.45) is 0 Å². The molecular weight excluding hydrogens is 392 g/mol. The summed E-state index contributed by atoms with van der Waals surface area (Å²) in [6.07, 6.45) is 5.42. The Bertz CT molecular complexity index is 1030. The van der Waals surface area contributed by atoms with Gasteiger partial charge in [0.25, 0.3) is 5.56 Å². The topological polar surface area (TPSA) is 72.0 Å². The quantitative estimate of drug-likeness (QED) is 0.364. The zero-order valence-electron chi connectivity index (χ0n) is 15.7. The molecule has 0 amide bonds. The summed E-state index contributed by atoms with van der Waals surface area (Å²) in [5, 5.41) is 3.02. The van der Waals surface area contributed by atoms with E-state index in [9.17, 15) is 9.59 Å². The third kappa shape index (κ3) is 4.31. The monoisotopic (exact) mass is 414 g/mol. The number of aryl methyl sites for hydroxylation is 1. The molecule has 0 saturated heterocycles. The first-order valence-corrected chi connectivity index (χ1v) is 11.4. The number of ether oxygens (including phenoxy) is 1. The maximum atomic E-state index is 12.7. The standard InChI is InChI=1S/C21H22N2O3S2/c1-13-7-9-14(10-8-13)16-11-27-20-18(16)19(25)22-21(23-20)28-12-17(24)26-15-5-3-2-4-6-15/h7-11,15H,2-6,12H2,1H3,(H,22,23,25). The third-order valence-electron chi connectivity index (χ3n) is 4.96. The minimum Gasteiger partial charge on any atom is -0.462 e. The lowest BCUT2D eigenvalue weighted by Crippen LogP contribution is -2.22. The first-order valence-electron chi connectivity index (χ1n) is 9.51. The highest BCUT2D eigenvalue weighted by Gasteiger charge is 2.19. The summed E-state index contributed by atoms with van der Waals surface area (Å²) in [6, 6.07) is 8.09. The lowest BCUT2D eigenvalue weighted by atomic mass is 9.98. The molecule has 0 aliphatic heterocycles. The van der Waals surface area contributed by atoms with Crippen LogP contribution in [-0.2, 0) is 9.53 Å². The molecule has 1 saturated carbocycles. The van der Waals surface area contributed by atoms with Gasteiger partial charge < -0.3 is 9.72 Å². The fourth-order valence-electron chi connectivity index (χ4n) is 3.47. The van der Waals surface area contributed by atoms with Crippen molar-refractivity contribution in [3.05, 3.63) is 45.6 Å². The fraction of sp³-hybridized carbons (Fsp3) is 0.381. The molecule has 3 aromatic rings. The molecule has 1 N–H and O–H groups in total. The maximum Gasteiger partial charge on any atom is 0.316 e. The number of hydrogen-bond donors (Lipinski definition) is 1. The number of carbonyl (C=O) groups excluding carboxylic acids is 1. The van der Waals surface area contributed by atoms with Gasteiger partial charge in [-0.1, -0.05) is 48.0 Å². The maximum absolute atomic E-state index is 12.7. The molecule has 0 bridgehead atoms. The molecule has 0 atom stereocenters. The van der Waals surface area contributed by atoms with Gasteiger partial charge in [0, 0.05) is 10.9 Å². The Morgan fingerprint density at radius 1 is 1.25 bits per heavy atom. The number of aromatic nitrogens is 2. The number of benzene rings is 1. The number of rotatable bonds is 5. The summed E-state index contributed by atoms with van der Waals surface area (Å²) >= 11 is 2.66. The number of nitrogens with one attached hydrogen (secondary N) is 1. The van der Waals surface area contributed by atoms with Gasteiger partial charge in [-0.25, -0.2) is 4.98 Å². The molecule has 4 rings (SSSR count). The number of esters is 1. The van der Waals surface area contributed by atoms with Gasteiger partial charge in [-0.2, -0.15) is 0 Å². The van der Waals surface area contributed by atoms with Crippen LogP contribution in [0.3, 0.4) is 0 Å². The van der Waals surface area contributed by atoms with Crippen molar-refractivity contribution in [3.63, 3.8) is 0 Å². The number of fused-ring (bicyclic) bond motifs is 1. The molecule has 5 nitrogen and oxygen atoms in total. The van der Waals surface area contributed by atoms with E-state index in [-0.39, 0.29) is 23.4 Å². The van der Waals surface area contributed by atoms with E-state index < -0.39 is 0 Å². The highest BCUT2D eigenvalue weighted by Crippen LogP contribution is 2.31. The molecule has 28 heavy (non-hydrogen) atoms. The van der Waals surface area contributed by atoms with Crippen molar-refractivity contribution >= 4 is 39.3 Å². The number of nitrogens with zero attached hydrogens (tertiary/aromatic N) is 1. The molecule has 2 heterocycles. The Kier molecular flexibility index (Phi) is 5.82. The van der Waals surface area contributed by atoms with E-state index in [1.54, 1.807) is 0 Å². The zero-order chi connectivity index (χ0) is 19.5. The Hall–Kier alpha value is -2.12. The first kappa shape index (κ1) is 19.2. The largest absolute Gasteiger partial charge is 0.462 e. The van der Waals surface area contributed by atoms with E-state index in [4.69, 9.17) is 4.74 Å². The molecule has 146 valence electrons. The second-order valence-electron chi connectivity index (χ2n) is 7.11. The summed E-state index contributed by atoms with van der Waals surface area (Å²) in [4.78, 5) is 32.8. The lowest BCUT2D eigenvalue weighted by molar-refractivity contribution is -0.147. The van der Waals surface area contributed by atoms with Crippen molar-refractivity contribution in [1.29, 1.82) is 0 Å². The average Bonchev–Trinajstić information content (AvgIpc) is 3.12. The molecule has 0 radical (unpaired) electrons. The predicted molar refractivity (Wildman–Crippen MR) is 114 cm³/mol. The van der Waals surface area contributed by atoms with Crippen LogP contribution >= 0.6 is 23.1 Å². The van der Waals surface area contributed by atoms with E-state index >= 15 is 0 Å². The van der Waals surface area contributed by atoms with Gasteiger partial charge in [-0.15, -0.1) is 11.3 Å². The summed E-state index contributed by atoms with van der Waals surface area (Å²) < 4.78 is 5.53. The highest BCUT2D eigenvalue weighted by molar-refractivity contribution is 7.99. The van der Waals surface area contributed by atoms with Gasteiger partial charge in [0.05, 0.1) is 11.1 Å². The van der Waals surface area contributed by atoms with E-state index in [0.29, 0.717) is 15.4 Å². The van der Waals surface area contributed by atoms with Crippen LogP contribution in [0.4, 0.5) is 0 Å². The second kappa shape index (κ2) is 8.49. The molecule has 0 spiro atoms. The molecule has 7 heteroatoms. The minimum atomic E-state index is -0.244. The molecule has 1 aliphatic rings. The summed E-state index contributed by atoms with van der Waals surface area (Å²) in [6.45, 7) is 2.03. The van der Waals surface area contributed by atoms with E-state index in [1.807, 2.05) is 36.6 Å². The van der Waals surface area contributed by atoms with Crippen molar-refractivity contribution in [3.8, 4) is 11.1 Å². The zero-order valence-corrected chi connectivity index (χ0v) is 17.3. The fourth-order valence-corrected chi connectivity index (χ4v) is 5.12. The van der Waals surface area contributed by atoms with Crippen LogP contribution < -0.4 is 5.56 Å². The van der Waals surface area contributed by atoms with E-state index in [2.05, 4.69) is 9.97 Å². The summed E-state index contributed by atoms with van der Waals surface area (Å²) in [5.41, 5.74) is 2.89. The van der Waals surface area contributed by atoms with Crippen molar-refractivity contribution < 1.29 is 9.53 Å². The van der Waals surface area contributed by atoms with Crippen LogP contribution in [0, 0.1) is 6.92 Å². The van der Waals surface area contributed by atoms with Crippen molar-refractivity contribution in [1.82, 2.24) is 9.97 Å². The van der Waals surface area contributed by atoms with Gasteiger partial charge in [0.2, 0.25) is 0 Å². The SMILES string of the molecule is Cc1ccc(-c2csc3nc(SCC(=O)OC4CCCCC4)[nH]c(=O)c23)cc1. The van der Waals surface area contributed by atoms with Crippen LogP contribution in [0.25, 0.3) is 21.3 Å². The molecule has 1 fully saturated rings. The normalized spacial score (nSPS) is 15.0. The number of carbonyl (C=O) groups is 1. The van der Waals surface area contributed by atoms with Crippen LogP contribution in [-0.4, -0.2) is 27.8 Å². The van der Waals surface area contributed by atoms with Gasteiger partial charge in [0.15, 0.2) is 5.16 Å². The molecule has 1 aliphatic carbocycles. The smallest absolute Gasteiger partial charge is 0.316 e. The van der Waals surface area contributed by atoms with E-state index in [0.717, 1.165) is 36.8 Å². The first-order chi connectivity index (χ1) is 13.6. The Morgan fingerprint density at radius 3 is 2.75 bits per heavy atom. The second-order valence-corrected chi connectivity index (χ2v) is 8.93. The van der Waals surface area contributed by atoms with Crippen LogP contribution in [0.1, 0.15) is 37.7 Å². The lowest BCUT2D eigenvalue weighted by Gasteiger charge is -2.21. The van der Waals surface area contributed by atoms with Gasteiger partial charge in [-0.05, 0) is 38.2 Å². The van der Waals surface area contributed by atoms with Crippen LogP contribution in [0.5, 0.6) is 0 Å². The average molecular weight is 415 g/mol. The molecular formula is C21H22N2O3S2.